The Labute approximate surface area is 191 Å². The lowest BCUT2D eigenvalue weighted by molar-refractivity contribution is -0.149. The van der Waals surface area contributed by atoms with Crippen LogP contribution in [0.3, 0.4) is 0 Å². The Morgan fingerprint density at radius 1 is 1.16 bits per heavy atom. The first kappa shape index (κ1) is 22.3. The Balaban J connectivity index is 1.60. The van der Waals surface area contributed by atoms with Crippen molar-refractivity contribution in [2.45, 2.75) is 38.5 Å². The molecule has 1 aliphatic heterocycles. The molecule has 1 fully saturated rings. The molecule has 0 radical (unpaired) electrons. The van der Waals surface area contributed by atoms with Crippen molar-refractivity contribution in [1.82, 2.24) is 14.8 Å². The topological polar surface area (TPSA) is 53.5 Å². The Bertz CT molecular complexity index is 985. The number of hydrogen-bond acceptors (Lipinski definition) is 3. The molecule has 1 aromatic carbocycles. The van der Waals surface area contributed by atoms with Crippen LogP contribution >= 0.6 is 0 Å². The normalized spacial score (nSPS) is 23.1. The number of piperidine rings is 1. The van der Waals surface area contributed by atoms with Crippen LogP contribution in [0.25, 0.3) is 11.1 Å². The number of carbonyl (C=O) groups excluding carboxylic acids is 2. The summed E-state index contributed by atoms with van der Waals surface area (Å²) in [6.45, 7) is 1.25. The number of benzene rings is 1. The van der Waals surface area contributed by atoms with Gasteiger partial charge in [0, 0.05) is 45.5 Å². The number of hydrogen-bond donors (Lipinski definition) is 0. The van der Waals surface area contributed by atoms with E-state index in [0.29, 0.717) is 13.0 Å². The lowest BCUT2D eigenvalue weighted by atomic mass is 9.73. The number of rotatable bonds is 5. The minimum atomic E-state index is -0.588. The summed E-state index contributed by atoms with van der Waals surface area (Å²) in [6, 6.07) is 12.4. The molecule has 2 amide bonds. The van der Waals surface area contributed by atoms with Gasteiger partial charge in [0.25, 0.3) is 0 Å². The summed E-state index contributed by atoms with van der Waals surface area (Å²) in [4.78, 5) is 34.7. The van der Waals surface area contributed by atoms with E-state index in [2.05, 4.69) is 35.3 Å². The van der Waals surface area contributed by atoms with Crippen LogP contribution in [0.2, 0.25) is 0 Å². The van der Waals surface area contributed by atoms with Crippen molar-refractivity contribution in [3.05, 3.63) is 66.5 Å². The number of allylic oxidation sites excluding steroid dienone is 2. The van der Waals surface area contributed by atoms with Gasteiger partial charge in [0.2, 0.25) is 11.8 Å². The Hall–Kier alpha value is -2.95. The summed E-state index contributed by atoms with van der Waals surface area (Å²) in [5.41, 5.74) is 2.69. The summed E-state index contributed by atoms with van der Waals surface area (Å²) < 4.78 is 0. The van der Waals surface area contributed by atoms with E-state index in [1.165, 1.54) is 0 Å². The molecule has 2 heterocycles. The van der Waals surface area contributed by atoms with Crippen LogP contribution in [0.1, 0.15) is 37.7 Å². The van der Waals surface area contributed by atoms with Crippen LogP contribution in [0.5, 0.6) is 0 Å². The van der Waals surface area contributed by atoms with Crippen LogP contribution in [-0.4, -0.2) is 53.8 Å². The first-order valence-electron chi connectivity index (χ1n) is 11.6. The predicted molar refractivity (Wildman–Crippen MR) is 127 cm³/mol. The summed E-state index contributed by atoms with van der Waals surface area (Å²) in [6.07, 6.45) is 12.9. The van der Waals surface area contributed by atoms with Crippen LogP contribution in [0, 0.1) is 11.3 Å². The molecule has 5 heteroatoms. The smallest absolute Gasteiger partial charge is 0.230 e. The first-order valence-corrected chi connectivity index (χ1v) is 11.6. The third-order valence-corrected chi connectivity index (χ3v) is 6.83. The van der Waals surface area contributed by atoms with E-state index in [-0.39, 0.29) is 17.7 Å². The van der Waals surface area contributed by atoms with Crippen molar-refractivity contribution in [2.75, 3.05) is 27.2 Å². The van der Waals surface area contributed by atoms with Crippen LogP contribution < -0.4 is 0 Å². The van der Waals surface area contributed by atoms with Gasteiger partial charge >= 0.3 is 0 Å². The molecule has 1 saturated heterocycles. The van der Waals surface area contributed by atoms with Crippen molar-refractivity contribution < 1.29 is 9.59 Å². The molecule has 0 spiro atoms. The lowest BCUT2D eigenvalue weighted by Gasteiger charge is -2.44. The fourth-order valence-corrected chi connectivity index (χ4v) is 5.25. The van der Waals surface area contributed by atoms with Crippen molar-refractivity contribution in [1.29, 1.82) is 0 Å². The van der Waals surface area contributed by atoms with Gasteiger partial charge in [0.15, 0.2) is 0 Å². The Morgan fingerprint density at radius 2 is 2.00 bits per heavy atom. The highest BCUT2D eigenvalue weighted by Gasteiger charge is 2.45. The van der Waals surface area contributed by atoms with Crippen LogP contribution in [0.15, 0.2) is 60.9 Å². The van der Waals surface area contributed by atoms with Crippen molar-refractivity contribution in [2.24, 2.45) is 11.3 Å². The van der Waals surface area contributed by atoms with E-state index in [4.69, 9.17) is 0 Å². The third kappa shape index (κ3) is 4.77. The molecule has 32 heavy (non-hydrogen) atoms. The maximum Gasteiger partial charge on any atom is 0.230 e. The zero-order chi connectivity index (χ0) is 22.6. The second-order valence-electron chi connectivity index (χ2n) is 9.44. The van der Waals surface area contributed by atoms with Crippen molar-refractivity contribution in [3.8, 4) is 11.1 Å². The van der Waals surface area contributed by atoms with Gasteiger partial charge in [-0.25, -0.2) is 0 Å². The van der Waals surface area contributed by atoms with E-state index in [0.717, 1.165) is 55.3 Å². The number of carbonyl (C=O) groups is 2. The molecule has 2 aliphatic rings. The molecular formula is C27H33N3O2. The molecule has 1 aliphatic carbocycles. The second-order valence-corrected chi connectivity index (χ2v) is 9.44. The van der Waals surface area contributed by atoms with E-state index in [1.54, 1.807) is 11.1 Å². The van der Waals surface area contributed by atoms with Gasteiger partial charge in [-0.3, -0.25) is 14.6 Å². The largest absolute Gasteiger partial charge is 0.348 e. The Kier molecular flexibility index (Phi) is 6.73. The van der Waals surface area contributed by atoms with Gasteiger partial charge in [-0.15, -0.1) is 0 Å². The second kappa shape index (κ2) is 9.68. The molecule has 4 rings (SSSR count). The first-order chi connectivity index (χ1) is 15.5. The van der Waals surface area contributed by atoms with Gasteiger partial charge < -0.3 is 9.80 Å². The van der Waals surface area contributed by atoms with Gasteiger partial charge in [-0.1, -0.05) is 42.5 Å². The fraction of sp³-hybridized carbons (Fsp3) is 0.444. The van der Waals surface area contributed by atoms with Gasteiger partial charge in [0.05, 0.1) is 5.41 Å². The maximum absolute atomic E-state index is 13.5. The third-order valence-electron chi connectivity index (χ3n) is 6.83. The van der Waals surface area contributed by atoms with Gasteiger partial charge in [-0.2, -0.15) is 0 Å². The molecule has 168 valence electrons. The number of amides is 2. The molecule has 0 saturated carbocycles. The lowest BCUT2D eigenvalue weighted by Crippen LogP contribution is -2.55. The van der Waals surface area contributed by atoms with Crippen molar-refractivity contribution >= 4 is 11.8 Å². The highest BCUT2D eigenvalue weighted by atomic mass is 16.2. The minimum absolute atomic E-state index is 0.0548. The highest BCUT2D eigenvalue weighted by molar-refractivity contribution is 5.85. The molecule has 5 nitrogen and oxygen atoms in total. The van der Waals surface area contributed by atoms with E-state index < -0.39 is 5.41 Å². The minimum Gasteiger partial charge on any atom is -0.348 e. The standard InChI is InChI=1S/C27H33N3O2/c1-29(2)26(32)27(14-8-16-30(20-27)25(31)22-10-4-3-5-11-22)18-21-9-6-12-23(17-21)24-13-7-15-28-19-24/h3-4,6-7,9,12-13,15,17,19,22H,5,8,10-11,14,16,18,20H2,1-2H3/t22-,27-/m1/s1. The van der Waals surface area contributed by atoms with E-state index >= 15 is 0 Å². The summed E-state index contributed by atoms with van der Waals surface area (Å²) in [7, 11) is 3.64. The van der Waals surface area contributed by atoms with Crippen LogP contribution in [0.4, 0.5) is 0 Å². The van der Waals surface area contributed by atoms with E-state index in [1.807, 2.05) is 43.4 Å². The molecular weight excluding hydrogens is 398 g/mol. The quantitative estimate of drug-likeness (QED) is 0.662. The maximum atomic E-state index is 13.5. The molecule has 2 atom stereocenters. The summed E-state index contributed by atoms with van der Waals surface area (Å²) >= 11 is 0. The van der Waals surface area contributed by atoms with Gasteiger partial charge in [0.1, 0.15) is 0 Å². The Morgan fingerprint density at radius 3 is 2.72 bits per heavy atom. The zero-order valence-electron chi connectivity index (χ0n) is 19.2. The molecule has 0 unspecified atom stereocenters. The van der Waals surface area contributed by atoms with Gasteiger partial charge in [-0.05, 0) is 61.3 Å². The van der Waals surface area contributed by atoms with E-state index in [9.17, 15) is 9.59 Å². The number of aromatic nitrogens is 1. The monoisotopic (exact) mass is 431 g/mol. The number of nitrogens with zero attached hydrogens (tertiary/aromatic N) is 3. The summed E-state index contributed by atoms with van der Waals surface area (Å²) in [5.74, 6) is 0.388. The fourth-order valence-electron chi connectivity index (χ4n) is 5.25. The molecule has 1 aromatic heterocycles. The average molecular weight is 432 g/mol. The highest BCUT2D eigenvalue weighted by Crippen LogP contribution is 2.37. The predicted octanol–water partition coefficient (Wildman–Crippen LogP) is 4.34. The summed E-state index contributed by atoms with van der Waals surface area (Å²) in [5, 5.41) is 0. The average Bonchev–Trinajstić information content (AvgIpc) is 2.84. The van der Waals surface area contributed by atoms with Crippen LogP contribution in [-0.2, 0) is 16.0 Å². The van der Waals surface area contributed by atoms with Crippen molar-refractivity contribution in [3.63, 3.8) is 0 Å². The number of pyridine rings is 1. The molecule has 2 aromatic rings. The number of likely N-dealkylation sites (tertiary alicyclic amines) is 1. The zero-order valence-corrected chi connectivity index (χ0v) is 19.2. The molecule has 0 N–H and O–H groups in total. The molecule has 0 bridgehead atoms. The SMILES string of the molecule is CN(C)C(=O)[C@@]1(Cc2cccc(-c3cccnc3)c2)CCCN(C(=O)[C@@H]2CC=CCC2)C1.